The summed E-state index contributed by atoms with van der Waals surface area (Å²) in [5.41, 5.74) is 9.26. The van der Waals surface area contributed by atoms with E-state index in [-0.39, 0.29) is 29.9 Å². The Morgan fingerprint density at radius 3 is 2.45 bits per heavy atom. The van der Waals surface area contributed by atoms with E-state index in [1.807, 2.05) is 25.1 Å². The topological polar surface area (TPSA) is 110 Å². The third-order valence-corrected chi connectivity index (χ3v) is 7.55. The van der Waals surface area contributed by atoms with E-state index in [1.165, 1.54) is 43.5 Å². The maximum Gasteiger partial charge on any atom is 0.240 e. The molecule has 3 aromatic carbocycles. The molecule has 10 heteroatoms. The van der Waals surface area contributed by atoms with Gasteiger partial charge in [-0.05, 0) is 66.8 Å². The molecule has 2 aromatic heterocycles. The van der Waals surface area contributed by atoms with E-state index in [1.54, 1.807) is 22.9 Å². The molecule has 0 saturated heterocycles. The van der Waals surface area contributed by atoms with Gasteiger partial charge >= 0.3 is 0 Å². The lowest BCUT2D eigenvalue weighted by atomic mass is 9.94. The quantitative estimate of drug-likeness (QED) is 0.136. The minimum atomic E-state index is -1.56. The van der Waals surface area contributed by atoms with Crippen molar-refractivity contribution in [1.29, 1.82) is 0 Å². The number of ketones is 1. The van der Waals surface area contributed by atoms with Crippen molar-refractivity contribution in [2.45, 2.75) is 45.5 Å². The number of hydrogen-bond donors (Lipinski definition) is 3. The number of carbonyl (C=O) groups excluding carboxylic acids is 2. The molecule has 4 N–H and O–H groups in total. The molecule has 0 saturated carbocycles. The third-order valence-electron chi connectivity index (χ3n) is 7.55. The Bertz CT molecular complexity index is 1850. The third kappa shape index (κ3) is 6.41. The summed E-state index contributed by atoms with van der Waals surface area (Å²) >= 11 is 0. The van der Waals surface area contributed by atoms with Gasteiger partial charge in [-0.3, -0.25) is 14.6 Å². The van der Waals surface area contributed by atoms with E-state index < -0.39 is 35.6 Å². The fourth-order valence-electron chi connectivity index (χ4n) is 5.58. The Hall–Kier alpha value is -4.80. The molecule has 0 radical (unpaired) electrons. The van der Waals surface area contributed by atoms with E-state index in [0.29, 0.717) is 28.8 Å². The number of aromatic nitrogens is 2. The van der Waals surface area contributed by atoms with Crippen LogP contribution in [0.4, 0.5) is 13.2 Å². The first-order chi connectivity index (χ1) is 21.0. The van der Waals surface area contributed by atoms with Crippen molar-refractivity contribution >= 4 is 22.6 Å². The number of nitrogens with zero attached hydrogens (tertiary/aromatic N) is 2. The SMILES string of the molecule is CCc1cccc2c(C(C)=O)cn(CC(=O)N[C@@H](Cc3cc(F)cc(F)c3)c3ncccc3-c3ccc(F)c(C(N)O)c3)c12. The minimum Gasteiger partial charge on any atom is -0.374 e. The fraction of sp³-hybridized carbons (Fsp3) is 0.206. The van der Waals surface area contributed by atoms with E-state index >= 15 is 0 Å². The number of aryl methyl sites for hydroxylation is 1. The number of hydrogen-bond acceptors (Lipinski definition) is 5. The zero-order valence-corrected chi connectivity index (χ0v) is 24.2. The van der Waals surface area contributed by atoms with Crippen LogP contribution in [-0.4, -0.2) is 26.3 Å². The summed E-state index contributed by atoms with van der Waals surface area (Å²) in [6.07, 6.45) is 2.27. The van der Waals surface area contributed by atoms with Gasteiger partial charge in [-0.1, -0.05) is 37.3 Å². The Kier molecular flexibility index (Phi) is 8.93. The van der Waals surface area contributed by atoms with Crippen LogP contribution in [0.25, 0.3) is 22.0 Å². The van der Waals surface area contributed by atoms with Gasteiger partial charge < -0.3 is 20.7 Å². The Morgan fingerprint density at radius 2 is 1.77 bits per heavy atom. The number of aliphatic hydroxyl groups excluding tert-OH is 1. The summed E-state index contributed by atoms with van der Waals surface area (Å²) in [7, 11) is 0. The summed E-state index contributed by atoms with van der Waals surface area (Å²) in [6.45, 7) is 3.32. The highest BCUT2D eigenvalue weighted by Gasteiger charge is 2.24. The molecule has 0 fully saturated rings. The van der Waals surface area contributed by atoms with Gasteiger partial charge in [0.25, 0.3) is 0 Å². The molecule has 7 nitrogen and oxygen atoms in total. The molecule has 0 aliphatic rings. The molecule has 44 heavy (non-hydrogen) atoms. The number of halogens is 3. The van der Waals surface area contributed by atoms with Gasteiger partial charge in [0.05, 0.1) is 17.3 Å². The largest absolute Gasteiger partial charge is 0.374 e. The second-order valence-electron chi connectivity index (χ2n) is 10.6. The number of rotatable bonds is 10. The van der Waals surface area contributed by atoms with Crippen LogP contribution in [0.2, 0.25) is 0 Å². The van der Waals surface area contributed by atoms with Gasteiger partial charge in [-0.2, -0.15) is 0 Å². The predicted octanol–water partition coefficient (Wildman–Crippen LogP) is 5.94. The molecule has 5 aromatic rings. The Balaban J connectivity index is 1.56. The number of aliphatic hydroxyl groups is 1. The van der Waals surface area contributed by atoms with Gasteiger partial charge in [-0.15, -0.1) is 0 Å². The van der Waals surface area contributed by atoms with Crippen molar-refractivity contribution in [2.24, 2.45) is 5.73 Å². The number of pyridine rings is 1. The molecular formula is C34H31F3N4O3. The van der Waals surface area contributed by atoms with Crippen molar-refractivity contribution in [1.82, 2.24) is 14.9 Å². The van der Waals surface area contributed by atoms with Gasteiger partial charge in [0.15, 0.2) is 5.78 Å². The monoisotopic (exact) mass is 600 g/mol. The average Bonchev–Trinajstić information content (AvgIpc) is 3.35. The van der Waals surface area contributed by atoms with Crippen LogP contribution in [0.3, 0.4) is 0 Å². The molecule has 2 heterocycles. The van der Waals surface area contributed by atoms with E-state index in [0.717, 1.165) is 22.5 Å². The highest BCUT2D eigenvalue weighted by Crippen LogP contribution is 2.32. The lowest BCUT2D eigenvalue weighted by Crippen LogP contribution is -2.33. The van der Waals surface area contributed by atoms with Crippen LogP contribution in [0, 0.1) is 17.5 Å². The molecule has 0 aliphatic heterocycles. The zero-order chi connectivity index (χ0) is 31.5. The average molecular weight is 601 g/mol. The van der Waals surface area contributed by atoms with E-state index in [9.17, 15) is 27.9 Å². The van der Waals surface area contributed by atoms with Crippen LogP contribution >= 0.6 is 0 Å². The number of amides is 1. The van der Waals surface area contributed by atoms with Crippen molar-refractivity contribution < 1.29 is 27.9 Å². The Morgan fingerprint density at radius 1 is 1.02 bits per heavy atom. The van der Waals surface area contributed by atoms with Gasteiger partial charge in [0.2, 0.25) is 5.91 Å². The standard InChI is InChI=1S/C34H31F3N4O3/c1-3-21-6-4-7-26-28(19(2)42)17-41(33(21)26)18-31(43)40-30(14-20-12-23(35)16-24(36)13-20)32-25(8-5-11-39-32)22-9-10-29(37)27(15-22)34(38)44/h4-13,15-17,30,34,44H,3,14,18,38H2,1-2H3,(H,40,43)/t30-,34?/m0/s1. The van der Waals surface area contributed by atoms with Gasteiger partial charge in [-0.25, -0.2) is 13.2 Å². The predicted molar refractivity (Wildman–Crippen MR) is 161 cm³/mol. The first-order valence-electron chi connectivity index (χ1n) is 14.1. The number of Topliss-reactive ketones (excluding diaryl/α,β-unsaturated/α-hetero) is 1. The number of para-hydroxylation sites is 1. The van der Waals surface area contributed by atoms with Crippen molar-refractivity contribution in [3.63, 3.8) is 0 Å². The summed E-state index contributed by atoms with van der Waals surface area (Å²) in [5.74, 6) is -2.79. The van der Waals surface area contributed by atoms with Crippen LogP contribution in [0.5, 0.6) is 0 Å². The highest BCUT2D eigenvalue weighted by molar-refractivity contribution is 6.08. The number of carbonyl (C=O) groups is 2. The molecule has 0 bridgehead atoms. The maximum absolute atomic E-state index is 14.3. The Labute approximate surface area is 252 Å². The molecule has 226 valence electrons. The second-order valence-corrected chi connectivity index (χ2v) is 10.6. The maximum atomic E-state index is 14.3. The summed E-state index contributed by atoms with van der Waals surface area (Å²) < 4.78 is 44.4. The molecule has 0 spiro atoms. The highest BCUT2D eigenvalue weighted by atomic mass is 19.1. The lowest BCUT2D eigenvalue weighted by Gasteiger charge is -2.22. The number of benzene rings is 3. The first-order valence-corrected chi connectivity index (χ1v) is 14.1. The van der Waals surface area contributed by atoms with Gasteiger partial charge in [0.1, 0.15) is 30.2 Å². The van der Waals surface area contributed by atoms with Crippen LogP contribution in [-0.2, 0) is 24.2 Å². The second kappa shape index (κ2) is 12.8. The number of nitrogens with two attached hydrogens (primary N) is 1. The van der Waals surface area contributed by atoms with Crippen molar-refractivity contribution in [2.75, 3.05) is 0 Å². The molecule has 1 amide bonds. The van der Waals surface area contributed by atoms with Crippen LogP contribution in [0.15, 0.2) is 79.1 Å². The van der Waals surface area contributed by atoms with Crippen LogP contribution in [0.1, 0.15) is 58.9 Å². The number of nitrogens with one attached hydrogen (secondary N) is 1. The summed E-state index contributed by atoms with van der Waals surface area (Å²) in [5, 5.41) is 13.6. The molecule has 5 rings (SSSR count). The van der Waals surface area contributed by atoms with E-state index in [4.69, 9.17) is 5.73 Å². The van der Waals surface area contributed by atoms with E-state index in [2.05, 4.69) is 10.3 Å². The van der Waals surface area contributed by atoms with Gasteiger partial charge in [0, 0.05) is 40.5 Å². The van der Waals surface area contributed by atoms with Crippen molar-refractivity contribution in [3.05, 3.63) is 125 Å². The molecular weight excluding hydrogens is 569 g/mol. The smallest absolute Gasteiger partial charge is 0.240 e. The first kappa shape index (κ1) is 30.7. The zero-order valence-electron chi connectivity index (χ0n) is 24.2. The molecule has 2 atom stereocenters. The molecule has 1 unspecified atom stereocenters. The summed E-state index contributed by atoms with van der Waals surface area (Å²) in [6, 6.07) is 15.3. The minimum absolute atomic E-state index is 0.0245. The lowest BCUT2D eigenvalue weighted by molar-refractivity contribution is -0.122. The molecule has 0 aliphatic carbocycles. The fourth-order valence-corrected chi connectivity index (χ4v) is 5.58. The normalized spacial score (nSPS) is 12.7. The summed E-state index contributed by atoms with van der Waals surface area (Å²) in [4.78, 5) is 30.6. The van der Waals surface area contributed by atoms with Crippen LogP contribution < -0.4 is 11.1 Å². The van der Waals surface area contributed by atoms with Crippen molar-refractivity contribution in [3.8, 4) is 11.1 Å². The number of fused-ring (bicyclic) bond motifs is 1.